The molecule has 0 radical (unpaired) electrons. The highest BCUT2D eigenvalue weighted by molar-refractivity contribution is 5.76. The highest BCUT2D eigenvalue weighted by Crippen LogP contribution is 2.21. The second kappa shape index (κ2) is 6.19. The Morgan fingerprint density at radius 2 is 2.05 bits per heavy atom. The van der Waals surface area contributed by atoms with E-state index in [0.29, 0.717) is 13.0 Å². The molecule has 1 unspecified atom stereocenters. The number of nitrogens with zero attached hydrogens (tertiary/aromatic N) is 1. The van der Waals surface area contributed by atoms with Crippen molar-refractivity contribution in [2.45, 2.75) is 60.0 Å². The molecule has 1 aromatic rings. The van der Waals surface area contributed by atoms with E-state index in [-0.39, 0.29) is 17.4 Å². The Labute approximate surface area is 114 Å². The molecular weight excluding hydrogens is 242 g/mol. The van der Waals surface area contributed by atoms with Crippen LogP contribution < -0.4 is 11.1 Å². The Balaban J connectivity index is 2.40. The fourth-order valence-corrected chi connectivity index (χ4v) is 2.11. The summed E-state index contributed by atoms with van der Waals surface area (Å²) >= 11 is 0. The van der Waals surface area contributed by atoms with Crippen molar-refractivity contribution in [3.8, 4) is 0 Å². The Kier molecular flexibility index (Phi) is 5.11. The van der Waals surface area contributed by atoms with Crippen LogP contribution in [0.4, 0.5) is 0 Å². The lowest BCUT2D eigenvalue weighted by Crippen LogP contribution is -2.34. The van der Waals surface area contributed by atoms with Crippen LogP contribution in [-0.4, -0.2) is 17.1 Å². The predicted molar refractivity (Wildman–Crippen MR) is 74.5 cm³/mol. The molecule has 3 N–H and O–H groups in total. The molecular formula is C14H25N3O2. The van der Waals surface area contributed by atoms with Gasteiger partial charge < -0.3 is 15.6 Å². The summed E-state index contributed by atoms with van der Waals surface area (Å²) in [5, 5.41) is 6.72. The molecule has 1 heterocycles. The van der Waals surface area contributed by atoms with Crippen LogP contribution in [-0.2, 0) is 11.3 Å². The van der Waals surface area contributed by atoms with Gasteiger partial charge in [-0.05, 0) is 25.7 Å². The minimum atomic E-state index is -0.107. The van der Waals surface area contributed by atoms with Crippen LogP contribution in [0.2, 0.25) is 0 Å². The molecule has 108 valence electrons. The summed E-state index contributed by atoms with van der Waals surface area (Å²) in [6.45, 7) is 10.5. The molecule has 1 amide bonds. The van der Waals surface area contributed by atoms with E-state index in [1.165, 1.54) is 0 Å². The molecule has 1 rings (SSSR count). The van der Waals surface area contributed by atoms with E-state index in [1.54, 1.807) is 0 Å². The average molecular weight is 267 g/mol. The summed E-state index contributed by atoms with van der Waals surface area (Å²) in [7, 11) is 0. The van der Waals surface area contributed by atoms with Crippen molar-refractivity contribution in [3.05, 3.63) is 17.0 Å². The second-order valence-corrected chi connectivity index (χ2v) is 6.31. The summed E-state index contributed by atoms with van der Waals surface area (Å²) in [6, 6.07) is -0.107. The number of nitrogens with one attached hydrogen (secondary N) is 1. The van der Waals surface area contributed by atoms with Crippen LogP contribution in [0.5, 0.6) is 0 Å². The molecule has 0 aliphatic heterocycles. The normalized spacial score (nSPS) is 13.4. The summed E-state index contributed by atoms with van der Waals surface area (Å²) in [5.41, 5.74) is 7.88. The maximum Gasteiger partial charge on any atom is 0.221 e. The maximum absolute atomic E-state index is 11.8. The van der Waals surface area contributed by atoms with Crippen LogP contribution in [0, 0.1) is 19.3 Å². The van der Waals surface area contributed by atoms with Crippen LogP contribution in [0.25, 0.3) is 0 Å². The van der Waals surface area contributed by atoms with Crippen molar-refractivity contribution in [1.29, 1.82) is 0 Å². The molecule has 0 fully saturated rings. The first-order valence-corrected chi connectivity index (χ1v) is 6.63. The summed E-state index contributed by atoms with van der Waals surface area (Å²) in [6.07, 6.45) is 1.17. The molecule has 0 aromatic carbocycles. The van der Waals surface area contributed by atoms with Gasteiger partial charge in [0.15, 0.2) is 0 Å². The standard InChI is InChI=1S/C14H25N3O2/c1-9-12(10(2)19-17-9)8-16-13(18)6-11(15)7-14(3,4)5/h11H,6-8,15H2,1-5H3,(H,16,18). The number of carbonyl (C=O) groups excluding carboxylic acids is 1. The van der Waals surface area contributed by atoms with E-state index >= 15 is 0 Å². The molecule has 1 atom stereocenters. The smallest absolute Gasteiger partial charge is 0.221 e. The Hall–Kier alpha value is -1.36. The molecule has 5 nitrogen and oxygen atoms in total. The monoisotopic (exact) mass is 267 g/mol. The second-order valence-electron chi connectivity index (χ2n) is 6.31. The van der Waals surface area contributed by atoms with Crippen LogP contribution in [0.1, 0.15) is 50.6 Å². The molecule has 0 bridgehead atoms. The molecule has 0 aliphatic rings. The largest absolute Gasteiger partial charge is 0.361 e. The van der Waals surface area contributed by atoms with E-state index in [4.69, 9.17) is 10.3 Å². The first kappa shape index (κ1) is 15.7. The van der Waals surface area contributed by atoms with Crippen LogP contribution in [0.15, 0.2) is 4.52 Å². The topological polar surface area (TPSA) is 81.2 Å². The third-order valence-corrected chi connectivity index (χ3v) is 2.97. The van der Waals surface area contributed by atoms with Crippen LogP contribution in [0.3, 0.4) is 0 Å². The molecule has 5 heteroatoms. The Bertz CT molecular complexity index is 413. The fourth-order valence-electron chi connectivity index (χ4n) is 2.11. The number of hydrogen-bond acceptors (Lipinski definition) is 4. The van der Waals surface area contributed by atoms with Crippen molar-refractivity contribution in [2.75, 3.05) is 0 Å². The van der Waals surface area contributed by atoms with Gasteiger partial charge in [-0.15, -0.1) is 0 Å². The van der Waals surface area contributed by atoms with E-state index < -0.39 is 0 Å². The first-order valence-electron chi connectivity index (χ1n) is 6.63. The van der Waals surface area contributed by atoms with Crippen molar-refractivity contribution in [1.82, 2.24) is 10.5 Å². The lowest BCUT2D eigenvalue weighted by Gasteiger charge is -2.22. The van der Waals surface area contributed by atoms with Gasteiger partial charge in [-0.3, -0.25) is 4.79 Å². The molecule has 19 heavy (non-hydrogen) atoms. The number of aryl methyl sites for hydroxylation is 2. The lowest BCUT2D eigenvalue weighted by molar-refractivity contribution is -0.121. The summed E-state index contributed by atoms with van der Waals surface area (Å²) < 4.78 is 5.05. The Morgan fingerprint density at radius 1 is 1.42 bits per heavy atom. The zero-order chi connectivity index (χ0) is 14.6. The number of carbonyl (C=O) groups is 1. The summed E-state index contributed by atoms with van der Waals surface area (Å²) in [4.78, 5) is 11.8. The van der Waals surface area contributed by atoms with Gasteiger partial charge in [0.2, 0.25) is 5.91 Å². The van der Waals surface area contributed by atoms with E-state index in [2.05, 4.69) is 31.2 Å². The predicted octanol–water partition coefficient (Wildman–Crippen LogP) is 2.06. The van der Waals surface area contributed by atoms with Crippen molar-refractivity contribution in [2.24, 2.45) is 11.1 Å². The number of amides is 1. The first-order chi connectivity index (χ1) is 8.69. The minimum absolute atomic E-state index is 0.0308. The molecule has 0 aliphatic carbocycles. The van der Waals surface area contributed by atoms with Gasteiger partial charge in [-0.1, -0.05) is 25.9 Å². The SMILES string of the molecule is Cc1noc(C)c1CNC(=O)CC(N)CC(C)(C)C. The number of nitrogens with two attached hydrogens (primary N) is 1. The highest BCUT2D eigenvalue weighted by atomic mass is 16.5. The van der Waals surface area contributed by atoms with E-state index in [9.17, 15) is 4.79 Å². The summed E-state index contributed by atoms with van der Waals surface area (Å²) in [5.74, 6) is 0.716. The van der Waals surface area contributed by atoms with Gasteiger partial charge in [0.05, 0.1) is 5.69 Å². The van der Waals surface area contributed by atoms with E-state index in [1.807, 2.05) is 13.8 Å². The van der Waals surface area contributed by atoms with Gasteiger partial charge in [-0.25, -0.2) is 0 Å². The number of hydrogen-bond donors (Lipinski definition) is 2. The lowest BCUT2D eigenvalue weighted by atomic mass is 9.87. The quantitative estimate of drug-likeness (QED) is 0.855. The number of aromatic nitrogens is 1. The third kappa shape index (κ3) is 5.42. The van der Waals surface area contributed by atoms with Crippen molar-refractivity contribution in [3.63, 3.8) is 0 Å². The molecule has 0 saturated heterocycles. The zero-order valence-corrected chi connectivity index (χ0v) is 12.5. The van der Waals surface area contributed by atoms with Gasteiger partial charge >= 0.3 is 0 Å². The molecule has 0 spiro atoms. The van der Waals surface area contributed by atoms with Gasteiger partial charge in [-0.2, -0.15) is 0 Å². The van der Waals surface area contributed by atoms with E-state index in [0.717, 1.165) is 23.4 Å². The fraction of sp³-hybridized carbons (Fsp3) is 0.714. The minimum Gasteiger partial charge on any atom is -0.361 e. The van der Waals surface area contributed by atoms with Gasteiger partial charge in [0.1, 0.15) is 5.76 Å². The molecule has 1 aromatic heterocycles. The molecule has 0 saturated carbocycles. The zero-order valence-electron chi connectivity index (χ0n) is 12.5. The van der Waals surface area contributed by atoms with Gasteiger partial charge in [0, 0.05) is 24.6 Å². The Morgan fingerprint density at radius 3 is 2.53 bits per heavy atom. The van der Waals surface area contributed by atoms with Crippen LogP contribution >= 0.6 is 0 Å². The third-order valence-electron chi connectivity index (χ3n) is 2.97. The van der Waals surface area contributed by atoms with Crippen molar-refractivity contribution < 1.29 is 9.32 Å². The van der Waals surface area contributed by atoms with Crippen molar-refractivity contribution >= 4 is 5.91 Å². The average Bonchev–Trinajstić information content (AvgIpc) is 2.53. The highest BCUT2D eigenvalue weighted by Gasteiger charge is 2.18. The maximum atomic E-state index is 11.8. The number of rotatable bonds is 5. The van der Waals surface area contributed by atoms with Gasteiger partial charge in [0.25, 0.3) is 0 Å².